The molecule has 0 radical (unpaired) electrons. The highest BCUT2D eigenvalue weighted by molar-refractivity contribution is 5.89. The molecule has 6 nitrogen and oxygen atoms in total. The molecule has 120 valence electrons. The maximum atomic E-state index is 12.3. The zero-order valence-corrected chi connectivity index (χ0v) is 13.0. The average molecular weight is 314 g/mol. The molecule has 0 spiro atoms. The minimum Gasteiger partial charge on any atom is -0.453 e. The third-order valence-electron chi connectivity index (χ3n) is 3.08. The molecule has 0 aliphatic heterocycles. The molecule has 2 aromatic rings. The molecule has 0 fully saturated rings. The minimum absolute atomic E-state index is 0.332. The number of benzene rings is 2. The molecule has 1 N–H and O–H groups in total. The van der Waals surface area contributed by atoms with E-state index in [1.54, 1.807) is 24.3 Å². The topological polar surface area (TPSA) is 67.9 Å². The second kappa shape index (κ2) is 7.84. The number of methoxy groups -OCH3 is 1. The summed E-state index contributed by atoms with van der Waals surface area (Å²) >= 11 is 0. The van der Waals surface area contributed by atoms with Gasteiger partial charge in [0, 0.05) is 24.0 Å². The lowest BCUT2D eigenvalue weighted by atomic mass is 10.3. The van der Waals surface area contributed by atoms with Crippen LogP contribution in [0.4, 0.5) is 21.0 Å². The van der Waals surface area contributed by atoms with Crippen LogP contribution in [0.1, 0.15) is 6.92 Å². The summed E-state index contributed by atoms with van der Waals surface area (Å²) < 4.78 is 9.90. The Hall–Kier alpha value is -3.02. The zero-order chi connectivity index (χ0) is 16.7. The smallest absolute Gasteiger partial charge is 0.419 e. The number of rotatable bonds is 4. The van der Waals surface area contributed by atoms with E-state index < -0.39 is 12.2 Å². The molecule has 2 rings (SSSR count). The Labute approximate surface area is 134 Å². The lowest BCUT2D eigenvalue weighted by Gasteiger charge is -2.20. The summed E-state index contributed by atoms with van der Waals surface area (Å²) in [6.07, 6.45) is -1.08. The van der Waals surface area contributed by atoms with Crippen molar-refractivity contribution in [2.75, 3.05) is 23.9 Å². The predicted molar refractivity (Wildman–Crippen MR) is 88.0 cm³/mol. The highest BCUT2D eigenvalue weighted by atomic mass is 16.6. The highest BCUT2D eigenvalue weighted by Gasteiger charge is 2.16. The number of hydrogen-bond acceptors (Lipinski definition) is 4. The van der Waals surface area contributed by atoms with Crippen LogP contribution in [0.15, 0.2) is 54.6 Å². The van der Waals surface area contributed by atoms with Gasteiger partial charge in [-0.3, -0.25) is 10.2 Å². The Balaban J connectivity index is 2.10. The van der Waals surface area contributed by atoms with E-state index in [0.717, 1.165) is 5.69 Å². The van der Waals surface area contributed by atoms with E-state index in [-0.39, 0.29) is 0 Å². The van der Waals surface area contributed by atoms with Gasteiger partial charge < -0.3 is 9.47 Å². The van der Waals surface area contributed by atoms with Crippen LogP contribution in [-0.2, 0) is 4.74 Å². The second-order valence-electron chi connectivity index (χ2n) is 4.59. The maximum Gasteiger partial charge on any atom is 0.419 e. The Bertz CT molecular complexity index is 673. The maximum absolute atomic E-state index is 12.3. The van der Waals surface area contributed by atoms with Crippen molar-refractivity contribution < 1.29 is 19.1 Å². The fourth-order valence-electron chi connectivity index (χ4n) is 1.99. The van der Waals surface area contributed by atoms with E-state index in [1.807, 2.05) is 37.3 Å². The lowest BCUT2D eigenvalue weighted by Crippen LogP contribution is -2.33. The van der Waals surface area contributed by atoms with Crippen molar-refractivity contribution in [2.45, 2.75) is 6.92 Å². The monoisotopic (exact) mass is 314 g/mol. The van der Waals surface area contributed by atoms with Crippen molar-refractivity contribution >= 4 is 23.6 Å². The Morgan fingerprint density at radius 2 is 1.83 bits per heavy atom. The molecule has 0 bridgehead atoms. The number of para-hydroxylation sites is 1. The molecular formula is C17H18N2O4. The molecule has 0 aliphatic carbocycles. The normalized spacial score (nSPS) is 9.83. The van der Waals surface area contributed by atoms with Crippen LogP contribution in [0.5, 0.6) is 5.75 Å². The Morgan fingerprint density at radius 1 is 1.09 bits per heavy atom. The van der Waals surface area contributed by atoms with E-state index in [0.29, 0.717) is 18.0 Å². The molecule has 0 atom stereocenters. The molecule has 23 heavy (non-hydrogen) atoms. The highest BCUT2D eigenvalue weighted by Crippen LogP contribution is 2.20. The van der Waals surface area contributed by atoms with Gasteiger partial charge in [-0.15, -0.1) is 0 Å². The molecule has 0 saturated carbocycles. The summed E-state index contributed by atoms with van der Waals surface area (Å²) in [6, 6.07) is 15.8. The van der Waals surface area contributed by atoms with Gasteiger partial charge in [0.25, 0.3) is 0 Å². The van der Waals surface area contributed by atoms with Crippen LogP contribution in [0, 0.1) is 0 Å². The van der Waals surface area contributed by atoms with Crippen molar-refractivity contribution in [3.05, 3.63) is 54.6 Å². The fourth-order valence-corrected chi connectivity index (χ4v) is 1.99. The van der Waals surface area contributed by atoms with Crippen molar-refractivity contribution in [3.63, 3.8) is 0 Å². The molecule has 0 unspecified atom stereocenters. The first-order chi connectivity index (χ1) is 11.1. The van der Waals surface area contributed by atoms with Gasteiger partial charge in [-0.05, 0) is 31.2 Å². The number of amides is 2. The number of carbonyl (C=O) groups excluding carboxylic acids is 2. The van der Waals surface area contributed by atoms with Gasteiger partial charge in [0.1, 0.15) is 5.75 Å². The van der Waals surface area contributed by atoms with Crippen LogP contribution in [0.2, 0.25) is 0 Å². The van der Waals surface area contributed by atoms with Crippen LogP contribution >= 0.6 is 0 Å². The number of nitrogens with zero attached hydrogens (tertiary/aromatic N) is 1. The molecule has 0 aromatic heterocycles. The summed E-state index contributed by atoms with van der Waals surface area (Å²) in [7, 11) is 1.28. The number of anilines is 2. The number of carbonyl (C=O) groups is 2. The van der Waals surface area contributed by atoms with Gasteiger partial charge in [-0.2, -0.15) is 0 Å². The van der Waals surface area contributed by atoms with Crippen LogP contribution < -0.4 is 15.0 Å². The summed E-state index contributed by atoms with van der Waals surface area (Å²) in [5, 5.41) is 2.51. The summed E-state index contributed by atoms with van der Waals surface area (Å²) in [4.78, 5) is 25.0. The molecule has 0 aliphatic rings. The zero-order valence-electron chi connectivity index (χ0n) is 13.0. The SMILES string of the molecule is CCN(C(=O)Oc1cccc(NC(=O)OC)c1)c1ccccc1. The van der Waals surface area contributed by atoms with Gasteiger partial charge in [-0.25, -0.2) is 9.59 Å². The standard InChI is InChI=1S/C17H18N2O4/c1-3-19(14-9-5-4-6-10-14)17(21)23-15-11-7-8-13(12-15)18-16(20)22-2/h4-12H,3H2,1-2H3,(H,18,20). The predicted octanol–water partition coefficient (Wildman–Crippen LogP) is 3.89. The summed E-state index contributed by atoms with van der Waals surface area (Å²) in [5.41, 5.74) is 1.23. The molecule has 0 heterocycles. The Morgan fingerprint density at radius 3 is 2.48 bits per heavy atom. The largest absolute Gasteiger partial charge is 0.453 e. The molecule has 6 heteroatoms. The van der Waals surface area contributed by atoms with Crippen molar-refractivity contribution in [3.8, 4) is 5.75 Å². The molecular weight excluding hydrogens is 296 g/mol. The van der Waals surface area contributed by atoms with Crippen LogP contribution in [0.3, 0.4) is 0 Å². The number of ether oxygens (including phenoxy) is 2. The van der Waals surface area contributed by atoms with Crippen molar-refractivity contribution in [1.82, 2.24) is 0 Å². The van der Waals surface area contributed by atoms with Crippen molar-refractivity contribution in [2.24, 2.45) is 0 Å². The summed E-state index contributed by atoms with van der Waals surface area (Å²) in [6.45, 7) is 2.34. The van der Waals surface area contributed by atoms with Gasteiger partial charge in [-0.1, -0.05) is 24.3 Å². The first kappa shape index (κ1) is 16.4. The molecule has 2 aromatic carbocycles. The quantitative estimate of drug-likeness (QED) is 0.929. The van der Waals surface area contributed by atoms with Crippen LogP contribution in [0.25, 0.3) is 0 Å². The van der Waals surface area contributed by atoms with Crippen molar-refractivity contribution in [1.29, 1.82) is 0 Å². The third kappa shape index (κ3) is 4.47. The molecule has 0 saturated heterocycles. The van der Waals surface area contributed by atoms with Gasteiger partial charge in [0.2, 0.25) is 0 Å². The van der Waals surface area contributed by atoms with Gasteiger partial charge >= 0.3 is 12.2 Å². The first-order valence-electron chi connectivity index (χ1n) is 7.13. The first-order valence-corrected chi connectivity index (χ1v) is 7.13. The third-order valence-corrected chi connectivity index (χ3v) is 3.08. The fraction of sp³-hybridized carbons (Fsp3) is 0.176. The van der Waals surface area contributed by atoms with Gasteiger partial charge in [0.15, 0.2) is 0 Å². The van der Waals surface area contributed by atoms with E-state index in [2.05, 4.69) is 10.1 Å². The second-order valence-corrected chi connectivity index (χ2v) is 4.59. The number of hydrogen-bond donors (Lipinski definition) is 1. The molecule has 2 amide bonds. The van der Waals surface area contributed by atoms with E-state index in [9.17, 15) is 9.59 Å². The van der Waals surface area contributed by atoms with E-state index in [4.69, 9.17) is 4.74 Å². The Kier molecular flexibility index (Phi) is 5.57. The van der Waals surface area contributed by atoms with Gasteiger partial charge in [0.05, 0.1) is 7.11 Å². The number of nitrogens with one attached hydrogen (secondary N) is 1. The van der Waals surface area contributed by atoms with E-state index >= 15 is 0 Å². The average Bonchev–Trinajstić information content (AvgIpc) is 2.56. The lowest BCUT2D eigenvalue weighted by molar-refractivity contribution is 0.187. The van der Waals surface area contributed by atoms with E-state index in [1.165, 1.54) is 12.0 Å². The minimum atomic E-state index is -0.590. The van der Waals surface area contributed by atoms with Crippen LogP contribution in [-0.4, -0.2) is 25.8 Å². The summed E-state index contributed by atoms with van der Waals surface area (Å²) in [5.74, 6) is 0.332.